The second-order valence-electron chi connectivity index (χ2n) is 8.94. The van der Waals surface area contributed by atoms with Crippen LogP contribution in [0.5, 0.6) is 5.75 Å². The van der Waals surface area contributed by atoms with Gasteiger partial charge in [0, 0.05) is 25.0 Å². The van der Waals surface area contributed by atoms with Crippen molar-refractivity contribution in [2.75, 3.05) is 30.4 Å². The van der Waals surface area contributed by atoms with E-state index in [9.17, 15) is 9.90 Å². The Kier molecular flexibility index (Phi) is 5.52. The number of allylic oxidation sites excluding steroid dienone is 1. The Hall–Kier alpha value is -4.18. The van der Waals surface area contributed by atoms with Gasteiger partial charge in [0.25, 0.3) is 5.56 Å². The van der Waals surface area contributed by atoms with E-state index in [4.69, 9.17) is 4.74 Å². The molecule has 0 atom stereocenters. The van der Waals surface area contributed by atoms with Crippen molar-refractivity contribution in [3.05, 3.63) is 71.3 Å². The number of anilines is 3. The maximum atomic E-state index is 13.2. The van der Waals surface area contributed by atoms with Crippen molar-refractivity contribution >= 4 is 28.4 Å². The summed E-state index contributed by atoms with van der Waals surface area (Å²) in [6, 6.07) is 11.1. The third kappa shape index (κ3) is 4.12. The summed E-state index contributed by atoms with van der Waals surface area (Å²) in [4.78, 5) is 28.9. The largest absolute Gasteiger partial charge is 0.489 e. The van der Waals surface area contributed by atoms with Crippen LogP contribution in [-0.4, -0.2) is 49.6 Å². The van der Waals surface area contributed by atoms with Crippen molar-refractivity contribution in [2.45, 2.75) is 26.0 Å². The van der Waals surface area contributed by atoms with Crippen LogP contribution in [0.3, 0.4) is 0 Å². The molecule has 1 aliphatic heterocycles. The molecule has 35 heavy (non-hydrogen) atoms. The van der Waals surface area contributed by atoms with E-state index >= 15 is 0 Å². The fourth-order valence-electron chi connectivity index (χ4n) is 4.06. The number of rotatable bonds is 6. The second kappa shape index (κ2) is 8.55. The van der Waals surface area contributed by atoms with E-state index in [1.54, 1.807) is 42.8 Å². The van der Waals surface area contributed by atoms with E-state index in [1.807, 2.05) is 25.2 Å². The summed E-state index contributed by atoms with van der Waals surface area (Å²) in [6.07, 6.45) is 3.14. The first kappa shape index (κ1) is 22.6. The lowest BCUT2D eigenvalue weighted by Gasteiger charge is -2.27. The first-order valence-electron chi connectivity index (χ1n) is 11.3. The molecule has 0 fully saturated rings. The highest BCUT2D eigenvalue weighted by Crippen LogP contribution is 2.34. The van der Waals surface area contributed by atoms with Gasteiger partial charge >= 0.3 is 0 Å². The second-order valence-corrected chi connectivity index (χ2v) is 8.94. The Morgan fingerprint density at radius 1 is 1.26 bits per heavy atom. The Balaban J connectivity index is 1.61. The molecule has 0 saturated carbocycles. The van der Waals surface area contributed by atoms with Gasteiger partial charge in [-0.3, -0.25) is 4.79 Å². The summed E-state index contributed by atoms with van der Waals surface area (Å²) in [5.74, 6) is 1.56. The third-order valence-corrected chi connectivity index (χ3v) is 5.87. The van der Waals surface area contributed by atoms with Gasteiger partial charge in [-0.1, -0.05) is 12.1 Å². The van der Waals surface area contributed by atoms with E-state index in [2.05, 4.69) is 31.7 Å². The standard InChI is InChI=1S/C25H27N7O3/c1-5-11-31-23(33)17-15-26-24(27-16-9-10-18-19(14-16)35-13-12-30(18)4)29-22(17)32(31)21-8-6-7-20(28-21)25(2,3)34/h5-10,14-15,34H,1,11-13H2,2-4H3,(H,26,27,29). The van der Waals surface area contributed by atoms with Crippen molar-refractivity contribution in [2.24, 2.45) is 0 Å². The van der Waals surface area contributed by atoms with Crippen LogP contribution in [0.2, 0.25) is 0 Å². The number of likely N-dealkylation sites (N-methyl/N-ethyl adjacent to an activating group) is 1. The predicted molar refractivity (Wildman–Crippen MR) is 135 cm³/mol. The molecule has 0 aliphatic carbocycles. The Morgan fingerprint density at radius 2 is 2.09 bits per heavy atom. The van der Waals surface area contributed by atoms with Crippen LogP contribution in [0, 0.1) is 0 Å². The molecule has 10 heteroatoms. The van der Waals surface area contributed by atoms with Gasteiger partial charge in [0.2, 0.25) is 5.95 Å². The number of nitrogens with zero attached hydrogens (tertiary/aromatic N) is 6. The Labute approximate surface area is 202 Å². The number of hydrogen-bond acceptors (Lipinski definition) is 8. The minimum absolute atomic E-state index is 0.252. The third-order valence-electron chi connectivity index (χ3n) is 5.87. The van der Waals surface area contributed by atoms with Gasteiger partial charge in [-0.25, -0.2) is 19.3 Å². The molecule has 180 valence electrons. The average Bonchev–Trinajstić information content (AvgIpc) is 3.10. The summed E-state index contributed by atoms with van der Waals surface area (Å²) in [5.41, 5.74) is 1.25. The fourth-order valence-corrected chi connectivity index (χ4v) is 4.06. The molecule has 0 spiro atoms. The van der Waals surface area contributed by atoms with Crippen LogP contribution in [0.15, 0.2) is 60.0 Å². The Bertz CT molecular complexity index is 1480. The van der Waals surface area contributed by atoms with Gasteiger partial charge < -0.3 is 20.1 Å². The topological polar surface area (TPSA) is 110 Å². The molecule has 0 amide bonds. The predicted octanol–water partition coefficient (Wildman–Crippen LogP) is 2.96. The number of pyridine rings is 1. The fraction of sp³-hybridized carbons (Fsp3) is 0.280. The zero-order valence-electron chi connectivity index (χ0n) is 19.9. The van der Waals surface area contributed by atoms with E-state index in [0.29, 0.717) is 35.1 Å². The van der Waals surface area contributed by atoms with Crippen molar-refractivity contribution in [3.63, 3.8) is 0 Å². The molecule has 5 rings (SSSR count). The zero-order chi connectivity index (χ0) is 24.7. The quantitative estimate of drug-likeness (QED) is 0.411. The summed E-state index contributed by atoms with van der Waals surface area (Å²) in [7, 11) is 2.03. The van der Waals surface area contributed by atoms with Crippen molar-refractivity contribution < 1.29 is 9.84 Å². The highest BCUT2D eigenvalue weighted by atomic mass is 16.5. The van der Waals surface area contributed by atoms with Gasteiger partial charge in [-0.2, -0.15) is 4.98 Å². The van der Waals surface area contributed by atoms with E-state index in [-0.39, 0.29) is 12.1 Å². The Morgan fingerprint density at radius 3 is 2.86 bits per heavy atom. The number of aliphatic hydroxyl groups is 1. The molecular formula is C25H27N7O3. The van der Waals surface area contributed by atoms with Gasteiger partial charge in [0.1, 0.15) is 23.3 Å². The molecule has 2 N–H and O–H groups in total. The van der Waals surface area contributed by atoms with Crippen molar-refractivity contribution in [1.29, 1.82) is 0 Å². The molecular weight excluding hydrogens is 446 g/mol. The molecule has 0 radical (unpaired) electrons. The number of fused-ring (bicyclic) bond motifs is 2. The van der Waals surface area contributed by atoms with Crippen molar-refractivity contribution in [1.82, 2.24) is 24.3 Å². The van der Waals surface area contributed by atoms with Gasteiger partial charge in [0.05, 0.1) is 24.5 Å². The molecule has 0 saturated heterocycles. The number of nitrogens with one attached hydrogen (secondary N) is 1. The maximum Gasteiger partial charge on any atom is 0.278 e. The maximum absolute atomic E-state index is 13.2. The van der Waals surface area contributed by atoms with Gasteiger partial charge in [-0.15, -0.1) is 6.58 Å². The summed E-state index contributed by atoms with van der Waals surface area (Å²) < 4.78 is 8.92. The summed E-state index contributed by atoms with van der Waals surface area (Å²) in [5, 5.41) is 14.0. The van der Waals surface area contributed by atoms with Crippen LogP contribution < -0.4 is 20.5 Å². The van der Waals surface area contributed by atoms with E-state index < -0.39 is 5.60 Å². The molecule has 0 bridgehead atoms. The molecule has 1 aliphatic rings. The molecule has 4 aromatic rings. The van der Waals surface area contributed by atoms with Gasteiger partial charge in [-0.05, 0) is 38.1 Å². The van der Waals surface area contributed by atoms with Crippen LogP contribution in [-0.2, 0) is 12.1 Å². The molecule has 1 aromatic carbocycles. The zero-order valence-corrected chi connectivity index (χ0v) is 19.9. The smallest absolute Gasteiger partial charge is 0.278 e. The normalized spacial score (nSPS) is 13.4. The SMILES string of the molecule is C=CCn1c(=O)c2cnc(Nc3ccc4c(c3)OCCN4C)nc2n1-c1cccc(C(C)(C)O)n1. The van der Waals surface area contributed by atoms with Gasteiger partial charge in [0.15, 0.2) is 11.5 Å². The first-order chi connectivity index (χ1) is 16.8. The van der Waals surface area contributed by atoms with Crippen LogP contribution >= 0.6 is 0 Å². The number of hydrogen-bond donors (Lipinski definition) is 2. The number of benzene rings is 1. The molecule has 3 aromatic heterocycles. The van der Waals surface area contributed by atoms with Crippen LogP contribution in [0.25, 0.3) is 16.9 Å². The van der Waals surface area contributed by atoms with Crippen molar-refractivity contribution in [3.8, 4) is 11.6 Å². The number of aromatic nitrogens is 5. The van der Waals surface area contributed by atoms with Crippen LogP contribution in [0.1, 0.15) is 19.5 Å². The summed E-state index contributed by atoms with van der Waals surface area (Å²) in [6.45, 7) is 8.80. The average molecular weight is 474 g/mol. The molecule has 4 heterocycles. The minimum Gasteiger partial charge on any atom is -0.489 e. The lowest BCUT2D eigenvalue weighted by Crippen LogP contribution is -2.28. The monoisotopic (exact) mass is 473 g/mol. The lowest BCUT2D eigenvalue weighted by atomic mass is 10.1. The molecule has 0 unspecified atom stereocenters. The highest BCUT2D eigenvalue weighted by molar-refractivity contribution is 5.77. The lowest BCUT2D eigenvalue weighted by molar-refractivity contribution is 0.0738. The van der Waals surface area contributed by atoms with E-state index in [1.165, 1.54) is 10.9 Å². The van der Waals surface area contributed by atoms with E-state index in [0.717, 1.165) is 23.7 Å². The first-order valence-corrected chi connectivity index (χ1v) is 11.3. The summed E-state index contributed by atoms with van der Waals surface area (Å²) >= 11 is 0. The highest BCUT2D eigenvalue weighted by Gasteiger charge is 2.22. The van der Waals surface area contributed by atoms with Crippen LogP contribution in [0.4, 0.5) is 17.3 Å². The number of ether oxygens (including phenoxy) is 1. The minimum atomic E-state index is -1.15. The molecule has 10 nitrogen and oxygen atoms in total.